The number of nitrogens with zero attached hydrogens (tertiary/aromatic N) is 1. The standard InChI is InChI=1S/C9H10Cl4N2/c1-2-3-4-14-9-7(12)5(10)6(11)8(13)15-9/h2-4H2,1H3,(H,14,15). The lowest BCUT2D eigenvalue weighted by Crippen LogP contribution is -2.04. The van der Waals surface area contributed by atoms with Crippen molar-refractivity contribution >= 4 is 52.2 Å². The molecule has 0 spiro atoms. The number of anilines is 1. The van der Waals surface area contributed by atoms with E-state index in [0.717, 1.165) is 19.4 Å². The molecule has 15 heavy (non-hydrogen) atoms. The summed E-state index contributed by atoms with van der Waals surface area (Å²) >= 11 is 23.4. The second-order valence-electron chi connectivity index (χ2n) is 2.97. The zero-order valence-electron chi connectivity index (χ0n) is 8.08. The predicted molar refractivity (Wildman–Crippen MR) is 67.7 cm³/mol. The Hall–Kier alpha value is 0.110. The third kappa shape index (κ3) is 3.28. The van der Waals surface area contributed by atoms with E-state index >= 15 is 0 Å². The molecular formula is C9H10Cl4N2. The molecule has 0 bridgehead atoms. The van der Waals surface area contributed by atoms with Gasteiger partial charge in [-0.1, -0.05) is 59.7 Å². The summed E-state index contributed by atoms with van der Waals surface area (Å²) in [5, 5.41) is 3.94. The Bertz CT molecular complexity index is 354. The Labute approximate surface area is 109 Å². The molecule has 0 amide bonds. The van der Waals surface area contributed by atoms with E-state index in [2.05, 4.69) is 17.2 Å². The van der Waals surface area contributed by atoms with Crippen LogP contribution in [-0.4, -0.2) is 11.5 Å². The van der Waals surface area contributed by atoms with Gasteiger partial charge in [0.05, 0.1) is 10.0 Å². The van der Waals surface area contributed by atoms with Gasteiger partial charge in [0, 0.05) is 6.54 Å². The number of pyridine rings is 1. The average molecular weight is 288 g/mol. The van der Waals surface area contributed by atoms with Gasteiger partial charge in [-0.3, -0.25) is 0 Å². The normalized spacial score (nSPS) is 10.5. The third-order valence-electron chi connectivity index (χ3n) is 1.81. The summed E-state index contributed by atoms with van der Waals surface area (Å²) in [4.78, 5) is 4.01. The zero-order chi connectivity index (χ0) is 11.4. The van der Waals surface area contributed by atoms with Crippen molar-refractivity contribution in [2.45, 2.75) is 19.8 Å². The first-order chi connectivity index (χ1) is 7.07. The zero-order valence-corrected chi connectivity index (χ0v) is 11.1. The van der Waals surface area contributed by atoms with Crippen LogP contribution in [0.1, 0.15) is 19.8 Å². The van der Waals surface area contributed by atoms with Gasteiger partial charge in [0.1, 0.15) is 10.8 Å². The van der Waals surface area contributed by atoms with Crippen molar-refractivity contribution in [2.24, 2.45) is 0 Å². The first kappa shape index (κ1) is 13.2. The molecule has 0 aliphatic heterocycles. The lowest BCUT2D eigenvalue weighted by Gasteiger charge is -2.09. The highest BCUT2D eigenvalue weighted by molar-refractivity contribution is 6.52. The molecule has 0 aliphatic rings. The van der Waals surface area contributed by atoms with E-state index < -0.39 is 0 Å². The van der Waals surface area contributed by atoms with Crippen molar-refractivity contribution in [3.05, 3.63) is 20.2 Å². The maximum Gasteiger partial charge on any atom is 0.151 e. The fourth-order valence-electron chi connectivity index (χ4n) is 0.988. The first-order valence-corrected chi connectivity index (χ1v) is 6.03. The number of unbranched alkanes of at least 4 members (excludes halogenated alkanes) is 1. The van der Waals surface area contributed by atoms with Crippen LogP contribution in [-0.2, 0) is 0 Å². The molecule has 0 fully saturated rings. The van der Waals surface area contributed by atoms with Gasteiger partial charge in [-0.15, -0.1) is 0 Å². The van der Waals surface area contributed by atoms with Crippen LogP contribution in [0.3, 0.4) is 0 Å². The third-order valence-corrected chi connectivity index (χ3v) is 3.48. The smallest absolute Gasteiger partial charge is 0.151 e. The summed E-state index contributed by atoms with van der Waals surface area (Å²) in [6.45, 7) is 2.87. The van der Waals surface area contributed by atoms with E-state index in [1.54, 1.807) is 0 Å². The van der Waals surface area contributed by atoms with Crippen molar-refractivity contribution < 1.29 is 0 Å². The molecule has 2 nitrogen and oxygen atoms in total. The highest BCUT2D eigenvalue weighted by atomic mass is 35.5. The number of rotatable bonds is 4. The van der Waals surface area contributed by atoms with Gasteiger partial charge in [-0.25, -0.2) is 4.98 Å². The van der Waals surface area contributed by atoms with E-state index in [-0.39, 0.29) is 15.2 Å². The van der Waals surface area contributed by atoms with Gasteiger partial charge in [-0.2, -0.15) is 0 Å². The van der Waals surface area contributed by atoms with Crippen molar-refractivity contribution in [1.82, 2.24) is 4.98 Å². The Morgan fingerprint density at radius 2 is 1.73 bits per heavy atom. The van der Waals surface area contributed by atoms with Gasteiger partial charge >= 0.3 is 0 Å². The second-order valence-corrected chi connectivity index (χ2v) is 4.47. The minimum atomic E-state index is 0.157. The molecular weight excluding hydrogens is 278 g/mol. The molecule has 1 rings (SSSR count). The van der Waals surface area contributed by atoms with Crippen LogP contribution >= 0.6 is 46.4 Å². The van der Waals surface area contributed by atoms with Crippen molar-refractivity contribution in [1.29, 1.82) is 0 Å². The number of aromatic nitrogens is 1. The van der Waals surface area contributed by atoms with Crippen molar-refractivity contribution in [3.63, 3.8) is 0 Å². The molecule has 1 aromatic heterocycles. The second kappa shape index (κ2) is 6.00. The number of halogens is 4. The predicted octanol–water partition coefficient (Wildman–Crippen LogP) is 4.91. The largest absolute Gasteiger partial charge is 0.369 e. The fraction of sp³-hybridized carbons (Fsp3) is 0.444. The molecule has 0 radical (unpaired) electrons. The van der Waals surface area contributed by atoms with E-state index in [1.807, 2.05) is 0 Å². The van der Waals surface area contributed by atoms with Crippen LogP contribution < -0.4 is 5.32 Å². The van der Waals surface area contributed by atoms with Gasteiger partial charge in [-0.05, 0) is 6.42 Å². The molecule has 0 saturated heterocycles. The summed E-state index contributed by atoms with van der Waals surface area (Å²) in [6.07, 6.45) is 2.11. The van der Waals surface area contributed by atoms with E-state index in [0.29, 0.717) is 10.8 Å². The molecule has 0 unspecified atom stereocenters. The van der Waals surface area contributed by atoms with E-state index in [9.17, 15) is 0 Å². The number of nitrogens with one attached hydrogen (secondary N) is 1. The molecule has 1 N–H and O–H groups in total. The average Bonchev–Trinajstić information content (AvgIpc) is 2.23. The summed E-state index contributed by atoms with van der Waals surface area (Å²) in [5.41, 5.74) is 0. The van der Waals surface area contributed by atoms with Gasteiger partial charge in [0.15, 0.2) is 5.15 Å². The quantitative estimate of drug-likeness (QED) is 0.629. The lowest BCUT2D eigenvalue weighted by molar-refractivity contribution is 0.831. The molecule has 0 atom stereocenters. The fourth-order valence-corrected chi connectivity index (χ4v) is 1.78. The van der Waals surface area contributed by atoms with Gasteiger partial charge in [0.25, 0.3) is 0 Å². The first-order valence-electron chi connectivity index (χ1n) is 4.51. The monoisotopic (exact) mass is 286 g/mol. The van der Waals surface area contributed by atoms with Gasteiger partial charge in [0.2, 0.25) is 0 Å². The van der Waals surface area contributed by atoms with Crippen molar-refractivity contribution in [2.75, 3.05) is 11.9 Å². The topological polar surface area (TPSA) is 24.9 Å². The Balaban J connectivity index is 2.89. The molecule has 1 aromatic rings. The van der Waals surface area contributed by atoms with E-state index in [1.165, 1.54) is 0 Å². The van der Waals surface area contributed by atoms with Crippen LogP contribution in [0.2, 0.25) is 20.2 Å². The highest BCUT2D eigenvalue weighted by Gasteiger charge is 2.14. The van der Waals surface area contributed by atoms with E-state index in [4.69, 9.17) is 46.4 Å². The summed E-state index contributed by atoms with van der Waals surface area (Å²) < 4.78 is 0. The molecule has 0 aromatic carbocycles. The van der Waals surface area contributed by atoms with Crippen LogP contribution in [0.5, 0.6) is 0 Å². The Morgan fingerprint density at radius 3 is 2.33 bits per heavy atom. The molecule has 84 valence electrons. The number of hydrogen-bond acceptors (Lipinski definition) is 2. The maximum absolute atomic E-state index is 5.95. The molecule has 1 heterocycles. The minimum absolute atomic E-state index is 0.157. The van der Waals surface area contributed by atoms with Crippen LogP contribution in [0, 0.1) is 0 Å². The molecule has 0 saturated carbocycles. The number of hydrogen-bond donors (Lipinski definition) is 1. The lowest BCUT2D eigenvalue weighted by atomic mass is 10.3. The van der Waals surface area contributed by atoms with Crippen molar-refractivity contribution in [3.8, 4) is 0 Å². The summed E-state index contributed by atoms with van der Waals surface area (Å²) in [5.74, 6) is 0.476. The molecule has 0 aliphatic carbocycles. The molecule has 6 heteroatoms. The van der Waals surface area contributed by atoms with Gasteiger partial charge < -0.3 is 5.32 Å². The Morgan fingerprint density at radius 1 is 1.07 bits per heavy atom. The van der Waals surface area contributed by atoms with Crippen LogP contribution in [0.25, 0.3) is 0 Å². The summed E-state index contributed by atoms with van der Waals surface area (Å²) in [6, 6.07) is 0. The minimum Gasteiger partial charge on any atom is -0.369 e. The summed E-state index contributed by atoms with van der Waals surface area (Å²) in [7, 11) is 0. The maximum atomic E-state index is 5.95. The Kier molecular flexibility index (Phi) is 5.27. The highest BCUT2D eigenvalue weighted by Crippen LogP contribution is 2.38. The SMILES string of the molecule is CCCCNc1nc(Cl)c(Cl)c(Cl)c1Cl. The van der Waals surface area contributed by atoms with Crippen LogP contribution in [0.15, 0.2) is 0 Å². The van der Waals surface area contributed by atoms with Crippen LogP contribution in [0.4, 0.5) is 5.82 Å².